The average Bonchev–Trinajstić information content (AvgIpc) is 1.35. The molecule has 0 atom stereocenters. The van der Waals surface area contributed by atoms with E-state index in [1.54, 1.807) is 0 Å². The highest BCUT2D eigenvalue weighted by atomic mass is 16.3. The van der Waals surface area contributed by atoms with Crippen molar-refractivity contribution < 1.29 is 5.11 Å². The summed E-state index contributed by atoms with van der Waals surface area (Å²) < 4.78 is 0. The van der Waals surface area contributed by atoms with Crippen molar-refractivity contribution in [1.29, 1.82) is 5.41 Å². The van der Waals surface area contributed by atoms with Crippen molar-refractivity contribution in [3.8, 4) is 0 Å². The van der Waals surface area contributed by atoms with Crippen LogP contribution in [0.4, 0.5) is 0 Å². The van der Waals surface area contributed by atoms with Gasteiger partial charge < -0.3 is 5.73 Å². The Morgan fingerprint density at radius 3 is 2.33 bits per heavy atom. The van der Waals surface area contributed by atoms with Crippen LogP contribution in [0.25, 0.3) is 0 Å². The molecule has 0 aromatic carbocycles. The molecule has 0 bridgehead atoms. The summed E-state index contributed by atoms with van der Waals surface area (Å²) >= 11 is 0. The van der Waals surface area contributed by atoms with Crippen LogP contribution in [-0.2, 0) is 5.11 Å². The Hall–Kier alpha value is -0.570. The molecule has 0 aliphatic rings. The number of nitrogens with two attached hydrogens (primary N) is 1. The number of nitrogens with one attached hydrogen (secondary N) is 1. The van der Waals surface area contributed by atoms with Crippen LogP contribution in [0.15, 0.2) is 0 Å². The van der Waals surface area contributed by atoms with Crippen molar-refractivity contribution in [3.63, 3.8) is 0 Å². The van der Waals surface area contributed by atoms with E-state index in [0.717, 1.165) is 0 Å². The molecule has 0 heterocycles. The molecule has 0 aromatic rings. The molecule has 0 aliphatic heterocycles. The summed E-state index contributed by atoms with van der Waals surface area (Å²) in [5.74, 6) is -0.0231. The van der Waals surface area contributed by atoms with Gasteiger partial charge in [-0.3, -0.25) is 5.41 Å². The third kappa shape index (κ3) is 3.43. The van der Waals surface area contributed by atoms with Gasteiger partial charge in [-0.05, 0) is 0 Å². The van der Waals surface area contributed by atoms with E-state index in [9.17, 15) is 5.11 Å². The van der Waals surface area contributed by atoms with Crippen LogP contribution in [0.5, 0.6) is 0 Å². The summed E-state index contributed by atoms with van der Waals surface area (Å²) in [6, 6.07) is 0. The van der Waals surface area contributed by atoms with Crippen molar-refractivity contribution >= 4 is 5.84 Å². The second kappa shape index (κ2) is 2.66. The first kappa shape index (κ1) is 5.43. The third-order valence-corrected chi connectivity index (χ3v) is 0.371. The minimum Gasteiger partial charge on any atom is -0.388 e. The van der Waals surface area contributed by atoms with Gasteiger partial charge in [0.05, 0.1) is 12.4 Å². The van der Waals surface area contributed by atoms with Gasteiger partial charge in [-0.15, -0.1) is 0 Å². The van der Waals surface area contributed by atoms with Gasteiger partial charge in [0.1, 0.15) is 0 Å². The lowest BCUT2D eigenvalue weighted by Gasteiger charge is -1.83. The Labute approximate surface area is 36.3 Å². The Morgan fingerprint density at radius 1 is 1.83 bits per heavy atom. The fraction of sp³-hybridized carbons (Fsp3) is 0.667. The maximum atomic E-state index is 9.52. The Morgan fingerprint density at radius 2 is 2.33 bits per heavy atom. The standard InChI is InChI=1S/C3H7N2O/c4-3(5)1-2-6/h1-2H2,(H3,4,5). The second-order valence-electron chi connectivity index (χ2n) is 0.979. The minimum absolute atomic E-state index is 0.0231. The molecule has 0 saturated heterocycles. The lowest BCUT2D eigenvalue weighted by Crippen LogP contribution is -2.09. The molecule has 0 spiro atoms. The quantitative estimate of drug-likeness (QED) is 0.353. The van der Waals surface area contributed by atoms with Crippen LogP contribution < -0.4 is 5.73 Å². The first-order chi connectivity index (χ1) is 2.77. The highest BCUT2D eigenvalue weighted by molar-refractivity contribution is 5.76. The zero-order valence-corrected chi connectivity index (χ0v) is 3.40. The van der Waals surface area contributed by atoms with Crippen molar-refractivity contribution in [2.75, 3.05) is 6.61 Å². The molecule has 35 valence electrons. The monoisotopic (exact) mass is 87.1 g/mol. The normalized spacial score (nSPS) is 8.17. The molecule has 0 amide bonds. The van der Waals surface area contributed by atoms with E-state index in [1.807, 2.05) is 0 Å². The van der Waals surface area contributed by atoms with Gasteiger partial charge in [-0.1, -0.05) is 0 Å². The van der Waals surface area contributed by atoms with Crippen molar-refractivity contribution in [2.45, 2.75) is 6.42 Å². The zero-order chi connectivity index (χ0) is 4.99. The predicted octanol–water partition coefficient (Wildman–Crippen LogP) is -0.257. The molecule has 0 saturated carbocycles. The van der Waals surface area contributed by atoms with E-state index >= 15 is 0 Å². The summed E-state index contributed by atoms with van der Waals surface area (Å²) in [6.07, 6.45) is 0.181. The first-order valence-electron chi connectivity index (χ1n) is 1.68. The van der Waals surface area contributed by atoms with Gasteiger partial charge in [-0.2, -0.15) is 0 Å². The molecule has 1 radical (unpaired) electrons. The fourth-order valence-electron chi connectivity index (χ4n) is 0.110. The molecule has 0 unspecified atom stereocenters. The van der Waals surface area contributed by atoms with Gasteiger partial charge >= 0.3 is 0 Å². The van der Waals surface area contributed by atoms with Gasteiger partial charge in [0.15, 0.2) is 0 Å². The average molecular weight is 87.1 g/mol. The van der Waals surface area contributed by atoms with Crippen LogP contribution in [-0.4, -0.2) is 12.4 Å². The smallest absolute Gasteiger partial charge is 0.0929 e. The zero-order valence-electron chi connectivity index (χ0n) is 3.40. The fourth-order valence-corrected chi connectivity index (χ4v) is 0.110. The van der Waals surface area contributed by atoms with Gasteiger partial charge in [0, 0.05) is 6.42 Å². The second-order valence-corrected chi connectivity index (χ2v) is 0.979. The van der Waals surface area contributed by atoms with E-state index < -0.39 is 0 Å². The van der Waals surface area contributed by atoms with E-state index in [-0.39, 0.29) is 18.9 Å². The number of hydrogen-bond acceptors (Lipinski definition) is 1. The molecule has 3 nitrogen and oxygen atoms in total. The van der Waals surface area contributed by atoms with E-state index in [4.69, 9.17) is 11.1 Å². The third-order valence-electron chi connectivity index (χ3n) is 0.371. The predicted molar refractivity (Wildman–Crippen MR) is 22.1 cm³/mol. The van der Waals surface area contributed by atoms with Crippen molar-refractivity contribution in [1.82, 2.24) is 0 Å². The van der Waals surface area contributed by atoms with Crippen molar-refractivity contribution in [3.05, 3.63) is 0 Å². The topological polar surface area (TPSA) is 69.8 Å². The van der Waals surface area contributed by atoms with Gasteiger partial charge in [0.2, 0.25) is 0 Å². The molecule has 0 aliphatic carbocycles. The summed E-state index contributed by atoms with van der Waals surface area (Å²) in [7, 11) is 0. The van der Waals surface area contributed by atoms with E-state index in [2.05, 4.69) is 0 Å². The van der Waals surface area contributed by atoms with Crippen LogP contribution >= 0.6 is 0 Å². The van der Waals surface area contributed by atoms with Gasteiger partial charge in [0.25, 0.3) is 0 Å². The summed E-state index contributed by atoms with van der Waals surface area (Å²) in [5.41, 5.74) is 4.79. The molecule has 3 N–H and O–H groups in total. The summed E-state index contributed by atoms with van der Waals surface area (Å²) in [5, 5.41) is 16.0. The first-order valence-corrected chi connectivity index (χ1v) is 1.68. The number of amidine groups is 1. The highest BCUT2D eigenvalue weighted by Crippen LogP contribution is 1.68. The largest absolute Gasteiger partial charge is 0.388 e. The molecule has 0 aromatic heterocycles. The van der Waals surface area contributed by atoms with Crippen LogP contribution in [0.3, 0.4) is 0 Å². The highest BCUT2D eigenvalue weighted by Gasteiger charge is 1.82. The summed E-state index contributed by atoms with van der Waals surface area (Å²) in [4.78, 5) is 0. The van der Waals surface area contributed by atoms with Gasteiger partial charge in [-0.25, -0.2) is 5.11 Å². The van der Waals surface area contributed by atoms with Crippen LogP contribution in [0.2, 0.25) is 0 Å². The Balaban J connectivity index is 2.83. The maximum Gasteiger partial charge on any atom is 0.0929 e. The number of hydrogen-bond donors (Lipinski definition) is 2. The van der Waals surface area contributed by atoms with Crippen LogP contribution in [0.1, 0.15) is 6.42 Å². The molecule has 0 fully saturated rings. The Bertz CT molecular complexity index is 52.8. The lowest BCUT2D eigenvalue weighted by atomic mass is 10.4. The summed E-state index contributed by atoms with van der Waals surface area (Å²) in [6.45, 7) is -0.269. The van der Waals surface area contributed by atoms with Crippen molar-refractivity contribution in [2.24, 2.45) is 5.73 Å². The molecule has 6 heavy (non-hydrogen) atoms. The molecule has 3 heteroatoms. The minimum atomic E-state index is -0.269. The van der Waals surface area contributed by atoms with Crippen LogP contribution in [0, 0.1) is 5.41 Å². The Kier molecular flexibility index (Phi) is 2.40. The molecular weight excluding hydrogens is 80.0 g/mol. The molecule has 0 rings (SSSR count). The van der Waals surface area contributed by atoms with E-state index in [1.165, 1.54) is 0 Å². The number of rotatable bonds is 2. The molecular formula is C3H7N2O. The maximum absolute atomic E-state index is 9.52. The van der Waals surface area contributed by atoms with E-state index in [0.29, 0.717) is 0 Å². The SMILES string of the molecule is N=C(N)CC[O]. The lowest BCUT2D eigenvalue weighted by molar-refractivity contribution is 0.202.